The van der Waals surface area contributed by atoms with Gasteiger partial charge in [-0.2, -0.15) is 0 Å². The third kappa shape index (κ3) is 2.88. The van der Waals surface area contributed by atoms with Gasteiger partial charge >= 0.3 is 5.97 Å². The molecule has 0 bridgehead atoms. The molecular weight excluding hydrogens is 238 g/mol. The van der Waals surface area contributed by atoms with Crippen LogP contribution in [0.25, 0.3) is 17.2 Å². The predicted molar refractivity (Wildman–Crippen MR) is 75.7 cm³/mol. The summed E-state index contributed by atoms with van der Waals surface area (Å²) in [5.41, 5.74) is 4.02. The minimum absolute atomic E-state index is 0.299. The van der Waals surface area contributed by atoms with Gasteiger partial charge in [-0.15, -0.1) is 0 Å². The highest BCUT2D eigenvalue weighted by Gasteiger charge is 2.09. The van der Waals surface area contributed by atoms with Gasteiger partial charge in [0.15, 0.2) is 0 Å². The molecule has 0 aliphatic heterocycles. The second-order valence-electron chi connectivity index (χ2n) is 4.36. The molecule has 19 heavy (non-hydrogen) atoms. The number of aryl methyl sites for hydroxylation is 1. The molecule has 1 N–H and O–H groups in total. The fourth-order valence-electron chi connectivity index (χ4n) is 1.91. The van der Waals surface area contributed by atoms with Crippen molar-refractivity contribution in [3.8, 4) is 11.1 Å². The molecule has 2 rings (SSSR count). The molecule has 0 amide bonds. The molecule has 0 fully saturated rings. The number of hydrogen-bond donors (Lipinski definition) is 1. The number of carboxylic acid groups (broad SMARTS) is 1. The number of carboxylic acids is 1. The summed E-state index contributed by atoms with van der Waals surface area (Å²) in [5.74, 6) is -0.915. The summed E-state index contributed by atoms with van der Waals surface area (Å²) in [6.45, 7) is 3.47. The molecule has 0 saturated heterocycles. The molecule has 1 aromatic heterocycles. The van der Waals surface area contributed by atoms with E-state index in [1.165, 1.54) is 0 Å². The van der Waals surface area contributed by atoms with E-state index in [4.69, 9.17) is 5.11 Å². The Morgan fingerprint density at radius 2 is 1.89 bits per heavy atom. The Morgan fingerprint density at radius 3 is 2.53 bits per heavy atom. The van der Waals surface area contributed by atoms with E-state index in [0.717, 1.165) is 22.4 Å². The van der Waals surface area contributed by atoms with E-state index in [0.29, 0.717) is 5.57 Å². The fraction of sp³-hybridized carbons (Fsp3) is 0.125. The highest BCUT2D eigenvalue weighted by Crippen LogP contribution is 2.26. The summed E-state index contributed by atoms with van der Waals surface area (Å²) < 4.78 is 0. The van der Waals surface area contributed by atoms with Gasteiger partial charge in [0, 0.05) is 23.0 Å². The summed E-state index contributed by atoms with van der Waals surface area (Å²) in [5, 5.41) is 9.01. The van der Waals surface area contributed by atoms with Crippen molar-refractivity contribution in [3.05, 3.63) is 59.4 Å². The van der Waals surface area contributed by atoms with Crippen molar-refractivity contribution in [1.29, 1.82) is 0 Å². The first-order chi connectivity index (χ1) is 9.09. The zero-order valence-corrected chi connectivity index (χ0v) is 10.9. The Bertz CT molecular complexity index is 630. The van der Waals surface area contributed by atoms with Crippen molar-refractivity contribution in [1.82, 2.24) is 4.98 Å². The van der Waals surface area contributed by atoms with Crippen LogP contribution in [0.1, 0.15) is 18.2 Å². The molecule has 2 aromatic rings. The SMILES string of the molecule is C/C(=C\c1c(-c2ccccc2)ccnc1C)C(=O)O. The number of aliphatic carboxylic acids is 1. The lowest BCUT2D eigenvalue weighted by atomic mass is 9.98. The maximum atomic E-state index is 11.0. The van der Waals surface area contributed by atoms with Crippen molar-refractivity contribution in [2.45, 2.75) is 13.8 Å². The quantitative estimate of drug-likeness (QED) is 0.851. The van der Waals surface area contributed by atoms with Gasteiger partial charge < -0.3 is 5.11 Å². The highest BCUT2D eigenvalue weighted by molar-refractivity contribution is 5.93. The Hall–Kier alpha value is -2.42. The van der Waals surface area contributed by atoms with Crippen LogP contribution in [0.2, 0.25) is 0 Å². The number of carbonyl (C=O) groups is 1. The van der Waals surface area contributed by atoms with Crippen molar-refractivity contribution in [2.75, 3.05) is 0 Å². The standard InChI is InChI=1S/C16H15NO2/c1-11(16(18)19)10-15-12(2)17-9-8-14(15)13-6-4-3-5-7-13/h3-10H,1-2H3,(H,18,19)/b11-10+. The topological polar surface area (TPSA) is 50.2 Å². The average Bonchev–Trinajstić information content (AvgIpc) is 2.41. The molecular formula is C16H15NO2. The molecule has 1 heterocycles. The van der Waals surface area contributed by atoms with Gasteiger partial charge in [0.25, 0.3) is 0 Å². The van der Waals surface area contributed by atoms with E-state index in [9.17, 15) is 4.79 Å². The zero-order chi connectivity index (χ0) is 13.8. The van der Waals surface area contributed by atoms with Gasteiger partial charge in [-0.1, -0.05) is 30.3 Å². The summed E-state index contributed by atoms with van der Waals surface area (Å²) in [7, 11) is 0. The van der Waals surface area contributed by atoms with Crippen LogP contribution in [0.3, 0.4) is 0 Å². The first kappa shape index (κ1) is 13.0. The summed E-state index contributed by atoms with van der Waals surface area (Å²) in [6, 6.07) is 11.8. The van der Waals surface area contributed by atoms with E-state index in [1.54, 1.807) is 19.2 Å². The van der Waals surface area contributed by atoms with Crippen molar-refractivity contribution in [2.24, 2.45) is 0 Å². The second-order valence-corrected chi connectivity index (χ2v) is 4.36. The number of benzene rings is 1. The fourth-order valence-corrected chi connectivity index (χ4v) is 1.91. The zero-order valence-electron chi connectivity index (χ0n) is 10.9. The van der Waals surface area contributed by atoms with Crippen LogP contribution in [0.15, 0.2) is 48.2 Å². The van der Waals surface area contributed by atoms with E-state index >= 15 is 0 Å². The van der Waals surface area contributed by atoms with Crippen LogP contribution in [0.4, 0.5) is 0 Å². The van der Waals surface area contributed by atoms with E-state index in [2.05, 4.69) is 4.98 Å². The average molecular weight is 253 g/mol. The van der Waals surface area contributed by atoms with Gasteiger partial charge in [-0.25, -0.2) is 4.79 Å². The third-order valence-corrected chi connectivity index (χ3v) is 2.97. The molecule has 1 aromatic carbocycles. The van der Waals surface area contributed by atoms with Crippen LogP contribution < -0.4 is 0 Å². The molecule has 0 aliphatic carbocycles. The third-order valence-electron chi connectivity index (χ3n) is 2.97. The lowest BCUT2D eigenvalue weighted by Crippen LogP contribution is -1.98. The molecule has 0 spiro atoms. The van der Waals surface area contributed by atoms with E-state index in [1.807, 2.05) is 43.3 Å². The summed E-state index contributed by atoms with van der Waals surface area (Å²) >= 11 is 0. The molecule has 3 heteroatoms. The van der Waals surface area contributed by atoms with Crippen molar-refractivity contribution < 1.29 is 9.90 Å². The lowest BCUT2D eigenvalue weighted by Gasteiger charge is -2.09. The molecule has 96 valence electrons. The molecule has 0 radical (unpaired) electrons. The minimum atomic E-state index is -0.915. The first-order valence-corrected chi connectivity index (χ1v) is 6.02. The van der Waals surface area contributed by atoms with Crippen LogP contribution >= 0.6 is 0 Å². The number of pyridine rings is 1. The van der Waals surface area contributed by atoms with Gasteiger partial charge in [0.1, 0.15) is 0 Å². The molecule has 0 unspecified atom stereocenters. The maximum absolute atomic E-state index is 11.0. The number of hydrogen-bond acceptors (Lipinski definition) is 2. The lowest BCUT2D eigenvalue weighted by molar-refractivity contribution is -0.132. The number of aromatic nitrogens is 1. The van der Waals surface area contributed by atoms with Crippen LogP contribution in [-0.2, 0) is 4.79 Å². The number of nitrogens with zero attached hydrogens (tertiary/aromatic N) is 1. The molecule has 0 saturated carbocycles. The predicted octanol–water partition coefficient (Wildman–Crippen LogP) is 3.54. The van der Waals surface area contributed by atoms with Crippen molar-refractivity contribution in [3.63, 3.8) is 0 Å². The van der Waals surface area contributed by atoms with Gasteiger partial charge in [-0.05, 0) is 37.1 Å². The Labute approximate surface area is 112 Å². The second kappa shape index (κ2) is 5.48. The van der Waals surface area contributed by atoms with E-state index in [-0.39, 0.29) is 0 Å². The monoisotopic (exact) mass is 253 g/mol. The molecule has 0 aliphatic rings. The van der Waals surface area contributed by atoms with Crippen LogP contribution in [-0.4, -0.2) is 16.1 Å². The van der Waals surface area contributed by atoms with Crippen LogP contribution in [0.5, 0.6) is 0 Å². The smallest absolute Gasteiger partial charge is 0.331 e. The van der Waals surface area contributed by atoms with Gasteiger partial charge in [-0.3, -0.25) is 4.98 Å². The minimum Gasteiger partial charge on any atom is -0.478 e. The van der Waals surface area contributed by atoms with Gasteiger partial charge in [0.05, 0.1) is 0 Å². The van der Waals surface area contributed by atoms with Crippen LogP contribution in [0, 0.1) is 6.92 Å². The van der Waals surface area contributed by atoms with E-state index < -0.39 is 5.97 Å². The highest BCUT2D eigenvalue weighted by atomic mass is 16.4. The normalized spacial score (nSPS) is 11.4. The largest absolute Gasteiger partial charge is 0.478 e. The molecule has 0 atom stereocenters. The number of rotatable bonds is 3. The van der Waals surface area contributed by atoms with Crippen molar-refractivity contribution >= 4 is 12.0 Å². The Kier molecular flexibility index (Phi) is 3.76. The molecule has 3 nitrogen and oxygen atoms in total. The Balaban J connectivity index is 2.61. The summed E-state index contributed by atoms with van der Waals surface area (Å²) in [6.07, 6.45) is 3.41. The maximum Gasteiger partial charge on any atom is 0.331 e. The summed E-state index contributed by atoms with van der Waals surface area (Å²) in [4.78, 5) is 15.2. The first-order valence-electron chi connectivity index (χ1n) is 6.02. The van der Waals surface area contributed by atoms with Gasteiger partial charge in [0.2, 0.25) is 0 Å². The Morgan fingerprint density at radius 1 is 1.21 bits per heavy atom.